The van der Waals surface area contributed by atoms with Gasteiger partial charge in [-0.3, -0.25) is 4.98 Å². The van der Waals surface area contributed by atoms with E-state index < -0.39 is 0 Å². The van der Waals surface area contributed by atoms with Gasteiger partial charge >= 0.3 is 0 Å². The predicted octanol–water partition coefficient (Wildman–Crippen LogP) is 4.60. The molecule has 0 fully saturated rings. The van der Waals surface area contributed by atoms with Gasteiger partial charge in [0.25, 0.3) is 0 Å². The van der Waals surface area contributed by atoms with Crippen LogP contribution in [0.5, 0.6) is 0 Å². The Morgan fingerprint density at radius 1 is 1.25 bits per heavy atom. The lowest BCUT2D eigenvalue weighted by Crippen LogP contribution is -2.35. The third kappa shape index (κ3) is 1.39. The van der Waals surface area contributed by atoms with Gasteiger partial charge in [-0.05, 0) is 48.4 Å². The summed E-state index contributed by atoms with van der Waals surface area (Å²) in [6, 6.07) is 7.55. The Morgan fingerprint density at radius 2 is 2.10 bits per heavy atom. The van der Waals surface area contributed by atoms with Gasteiger partial charge in [-0.25, -0.2) is 4.39 Å². The van der Waals surface area contributed by atoms with Crippen molar-refractivity contribution in [2.45, 2.75) is 44.4 Å². The largest absolute Gasteiger partial charge is 0.256 e. The van der Waals surface area contributed by atoms with Crippen LogP contribution in [-0.2, 0) is 11.8 Å². The number of aromatic nitrogens is 1. The summed E-state index contributed by atoms with van der Waals surface area (Å²) in [7, 11) is 0. The summed E-state index contributed by atoms with van der Waals surface area (Å²) in [5.41, 5.74) is 5.48. The van der Waals surface area contributed by atoms with E-state index in [1.54, 1.807) is 12.1 Å². The van der Waals surface area contributed by atoms with Crippen LogP contribution in [0.2, 0.25) is 0 Å². The number of hydrogen-bond acceptors (Lipinski definition) is 1. The standard InChI is InChI=1S/C18H18FN/c1-18(2)13-7-3-5-11-9-10-20-17(15(11)13)12-6-4-8-14(19)16(12)18/h4,6,8-10,13H,3,5,7H2,1-2H3. The van der Waals surface area contributed by atoms with Crippen LogP contribution >= 0.6 is 0 Å². The van der Waals surface area contributed by atoms with E-state index in [9.17, 15) is 4.39 Å². The van der Waals surface area contributed by atoms with Gasteiger partial charge in [0.1, 0.15) is 5.82 Å². The number of aryl methyl sites for hydroxylation is 1. The topological polar surface area (TPSA) is 12.9 Å². The number of nitrogens with zero attached hydrogens (tertiary/aromatic N) is 1. The van der Waals surface area contributed by atoms with Gasteiger partial charge in [0.05, 0.1) is 5.69 Å². The van der Waals surface area contributed by atoms with E-state index in [-0.39, 0.29) is 11.2 Å². The van der Waals surface area contributed by atoms with E-state index >= 15 is 0 Å². The van der Waals surface area contributed by atoms with Crippen molar-refractivity contribution < 1.29 is 4.39 Å². The Bertz CT molecular complexity index is 703. The predicted molar refractivity (Wildman–Crippen MR) is 78.3 cm³/mol. The van der Waals surface area contributed by atoms with E-state index in [4.69, 9.17) is 0 Å². The van der Waals surface area contributed by atoms with E-state index in [2.05, 4.69) is 24.9 Å². The molecule has 0 radical (unpaired) electrons. The van der Waals surface area contributed by atoms with Crippen molar-refractivity contribution in [3.8, 4) is 11.3 Å². The number of halogens is 1. The molecule has 1 atom stereocenters. The second-order valence-corrected chi connectivity index (χ2v) is 6.56. The van der Waals surface area contributed by atoms with Crippen molar-refractivity contribution in [3.05, 3.63) is 53.0 Å². The van der Waals surface area contributed by atoms with Crippen LogP contribution in [0, 0.1) is 5.82 Å². The van der Waals surface area contributed by atoms with Crippen molar-refractivity contribution in [1.82, 2.24) is 4.98 Å². The first kappa shape index (κ1) is 12.1. The highest BCUT2D eigenvalue weighted by atomic mass is 19.1. The van der Waals surface area contributed by atoms with Gasteiger partial charge in [0.15, 0.2) is 0 Å². The smallest absolute Gasteiger partial charge is 0.127 e. The lowest BCUT2D eigenvalue weighted by Gasteiger charge is -2.44. The number of rotatable bonds is 0. The van der Waals surface area contributed by atoms with E-state index in [0.29, 0.717) is 5.92 Å². The highest BCUT2D eigenvalue weighted by molar-refractivity contribution is 5.74. The van der Waals surface area contributed by atoms with Crippen molar-refractivity contribution >= 4 is 0 Å². The fourth-order valence-electron chi connectivity index (χ4n) is 4.25. The van der Waals surface area contributed by atoms with Crippen molar-refractivity contribution in [2.75, 3.05) is 0 Å². The third-order valence-corrected chi connectivity index (χ3v) is 5.15. The first-order valence-electron chi connectivity index (χ1n) is 7.38. The highest BCUT2D eigenvalue weighted by Crippen LogP contribution is 2.54. The van der Waals surface area contributed by atoms with Crippen LogP contribution in [0.1, 0.15) is 49.3 Å². The SMILES string of the molecule is CC1(C)c2c(F)cccc2-c2nccc3c2C1CCC3. The minimum Gasteiger partial charge on any atom is -0.256 e. The van der Waals surface area contributed by atoms with Crippen molar-refractivity contribution in [2.24, 2.45) is 0 Å². The molecule has 20 heavy (non-hydrogen) atoms. The summed E-state index contributed by atoms with van der Waals surface area (Å²) in [5.74, 6) is 0.301. The fraction of sp³-hybridized carbons (Fsp3) is 0.389. The molecule has 0 spiro atoms. The molecule has 0 aliphatic heterocycles. The summed E-state index contributed by atoms with van der Waals surface area (Å²) in [6.07, 6.45) is 5.33. The Morgan fingerprint density at radius 3 is 2.95 bits per heavy atom. The molecule has 4 rings (SSSR count). The molecule has 2 aliphatic carbocycles. The monoisotopic (exact) mass is 267 g/mol. The lowest BCUT2D eigenvalue weighted by molar-refractivity contribution is 0.349. The molecule has 0 amide bonds. The average molecular weight is 267 g/mol. The van der Waals surface area contributed by atoms with E-state index in [0.717, 1.165) is 29.7 Å². The molecule has 0 N–H and O–H groups in total. The lowest BCUT2D eigenvalue weighted by atomic mass is 9.60. The van der Waals surface area contributed by atoms with Crippen LogP contribution in [0.15, 0.2) is 30.5 Å². The van der Waals surface area contributed by atoms with Gasteiger partial charge < -0.3 is 0 Å². The van der Waals surface area contributed by atoms with Crippen LogP contribution in [0.3, 0.4) is 0 Å². The number of benzene rings is 1. The number of fused-ring (bicyclic) bond motifs is 2. The first-order chi connectivity index (χ1) is 9.60. The minimum absolute atomic E-state index is 0.0871. The van der Waals surface area contributed by atoms with Crippen molar-refractivity contribution in [1.29, 1.82) is 0 Å². The molecule has 0 bridgehead atoms. The summed E-state index contributed by atoms with van der Waals surface area (Å²) >= 11 is 0. The van der Waals surface area contributed by atoms with Gasteiger partial charge in [0.2, 0.25) is 0 Å². The molecule has 2 aromatic rings. The summed E-state index contributed by atoms with van der Waals surface area (Å²) in [6.45, 7) is 4.37. The molecular weight excluding hydrogens is 249 g/mol. The normalized spacial score (nSPS) is 22.1. The highest BCUT2D eigenvalue weighted by Gasteiger charge is 2.44. The molecule has 2 aliphatic rings. The van der Waals surface area contributed by atoms with Gasteiger partial charge in [-0.1, -0.05) is 26.0 Å². The molecule has 1 heterocycles. The Kier molecular flexibility index (Phi) is 2.36. The zero-order valence-electron chi connectivity index (χ0n) is 11.9. The second kappa shape index (κ2) is 3.91. The summed E-state index contributed by atoms with van der Waals surface area (Å²) < 4.78 is 14.5. The minimum atomic E-state index is -0.161. The van der Waals surface area contributed by atoms with E-state index in [1.165, 1.54) is 17.5 Å². The maximum Gasteiger partial charge on any atom is 0.127 e. The Hall–Kier alpha value is -1.70. The maximum atomic E-state index is 14.5. The molecule has 1 aromatic heterocycles. The third-order valence-electron chi connectivity index (χ3n) is 5.15. The summed E-state index contributed by atoms with van der Waals surface area (Å²) in [5, 5.41) is 0. The average Bonchev–Trinajstić information content (AvgIpc) is 2.44. The van der Waals surface area contributed by atoms with Gasteiger partial charge in [0, 0.05) is 22.7 Å². The summed E-state index contributed by atoms with van der Waals surface area (Å²) in [4.78, 5) is 4.59. The number of hydrogen-bond donors (Lipinski definition) is 0. The fourth-order valence-corrected chi connectivity index (χ4v) is 4.25. The maximum absolute atomic E-state index is 14.5. The van der Waals surface area contributed by atoms with Gasteiger partial charge in [-0.15, -0.1) is 0 Å². The molecule has 2 heteroatoms. The first-order valence-corrected chi connectivity index (χ1v) is 7.38. The van der Waals surface area contributed by atoms with Gasteiger partial charge in [-0.2, -0.15) is 0 Å². The molecule has 1 unspecified atom stereocenters. The number of pyridine rings is 1. The van der Waals surface area contributed by atoms with Crippen molar-refractivity contribution in [3.63, 3.8) is 0 Å². The van der Waals surface area contributed by atoms with Crippen LogP contribution in [-0.4, -0.2) is 4.98 Å². The molecule has 1 aromatic carbocycles. The molecular formula is C18H18FN. The molecule has 0 saturated carbocycles. The van der Waals surface area contributed by atoms with Crippen LogP contribution in [0.4, 0.5) is 4.39 Å². The van der Waals surface area contributed by atoms with E-state index in [1.807, 2.05) is 12.3 Å². The quantitative estimate of drug-likeness (QED) is 0.680. The zero-order chi connectivity index (χ0) is 13.9. The second-order valence-electron chi connectivity index (χ2n) is 6.56. The zero-order valence-corrected chi connectivity index (χ0v) is 11.9. The molecule has 1 nitrogen and oxygen atoms in total. The molecule has 0 saturated heterocycles. The van der Waals surface area contributed by atoms with Crippen LogP contribution in [0.25, 0.3) is 11.3 Å². The molecule has 102 valence electrons. The van der Waals surface area contributed by atoms with Crippen LogP contribution < -0.4 is 0 Å². The Labute approximate surface area is 118 Å². The Balaban J connectivity index is 2.13.